The zero-order chi connectivity index (χ0) is 15.8. The topological polar surface area (TPSA) is 41.1 Å². The number of aryl methyl sites for hydroxylation is 1. The average molecular weight is 290 g/mol. The van der Waals surface area contributed by atoms with Gasteiger partial charge in [-0.25, -0.2) is 0 Å². The Morgan fingerprint density at radius 2 is 1.71 bits per heavy atom. The van der Waals surface area contributed by atoms with Crippen molar-refractivity contribution < 1.29 is 4.79 Å². The summed E-state index contributed by atoms with van der Waals surface area (Å²) >= 11 is 0. The minimum Gasteiger partial charge on any atom is -0.353 e. The van der Waals surface area contributed by atoms with Gasteiger partial charge in [0.25, 0.3) is 0 Å². The van der Waals surface area contributed by atoms with E-state index in [2.05, 4.69) is 55.7 Å². The standard InChI is InChI=1S/C18H30N2O/c1-6-7-15-8-10-16(11-9-15)18(13(2)3)19-12-17(21)20-14(4)5/h8-11,13-14,18-19H,6-7,12H2,1-5H3,(H,20,21)/t18-/m0/s1. The molecule has 0 unspecified atom stereocenters. The molecule has 2 N–H and O–H groups in total. The highest BCUT2D eigenvalue weighted by Crippen LogP contribution is 2.22. The lowest BCUT2D eigenvalue weighted by atomic mass is 9.94. The molecule has 0 aliphatic carbocycles. The third-order valence-corrected chi connectivity index (χ3v) is 3.48. The van der Waals surface area contributed by atoms with Crippen molar-refractivity contribution in [2.24, 2.45) is 5.92 Å². The van der Waals surface area contributed by atoms with Gasteiger partial charge in [-0.2, -0.15) is 0 Å². The average Bonchev–Trinajstić information content (AvgIpc) is 2.40. The van der Waals surface area contributed by atoms with Crippen molar-refractivity contribution in [2.45, 2.75) is 59.5 Å². The quantitative estimate of drug-likeness (QED) is 0.770. The molecule has 1 amide bonds. The predicted molar refractivity (Wildman–Crippen MR) is 89.3 cm³/mol. The normalized spacial score (nSPS) is 12.7. The fourth-order valence-corrected chi connectivity index (χ4v) is 2.49. The molecular weight excluding hydrogens is 260 g/mol. The summed E-state index contributed by atoms with van der Waals surface area (Å²) in [5.41, 5.74) is 2.63. The Hall–Kier alpha value is -1.35. The van der Waals surface area contributed by atoms with Crippen LogP contribution in [0.2, 0.25) is 0 Å². The molecule has 0 fully saturated rings. The van der Waals surface area contributed by atoms with Crippen LogP contribution < -0.4 is 10.6 Å². The van der Waals surface area contributed by atoms with Crippen LogP contribution in [0, 0.1) is 5.92 Å². The molecule has 1 aromatic rings. The fraction of sp³-hybridized carbons (Fsp3) is 0.611. The summed E-state index contributed by atoms with van der Waals surface area (Å²) in [4.78, 5) is 11.8. The third-order valence-electron chi connectivity index (χ3n) is 3.48. The number of carbonyl (C=O) groups is 1. The second-order valence-electron chi connectivity index (χ2n) is 6.32. The van der Waals surface area contributed by atoms with Crippen molar-refractivity contribution in [3.8, 4) is 0 Å². The zero-order valence-corrected chi connectivity index (χ0v) is 14.1. The highest BCUT2D eigenvalue weighted by atomic mass is 16.1. The summed E-state index contributed by atoms with van der Waals surface area (Å²) in [5.74, 6) is 0.493. The van der Waals surface area contributed by atoms with Crippen molar-refractivity contribution in [1.82, 2.24) is 10.6 Å². The maximum atomic E-state index is 11.8. The first-order chi connectivity index (χ1) is 9.93. The Morgan fingerprint density at radius 3 is 2.19 bits per heavy atom. The number of hydrogen-bond donors (Lipinski definition) is 2. The van der Waals surface area contributed by atoms with E-state index in [9.17, 15) is 4.79 Å². The summed E-state index contributed by atoms with van der Waals surface area (Å²) in [6, 6.07) is 9.16. The monoisotopic (exact) mass is 290 g/mol. The van der Waals surface area contributed by atoms with Gasteiger partial charge in [0.15, 0.2) is 0 Å². The summed E-state index contributed by atoms with van der Waals surface area (Å²) in [6.07, 6.45) is 2.29. The van der Waals surface area contributed by atoms with Crippen LogP contribution in [0.25, 0.3) is 0 Å². The largest absolute Gasteiger partial charge is 0.353 e. The molecule has 0 radical (unpaired) electrons. The first-order valence-corrected chi connectivity index (χ1v) is 8.05. The van der Waals surface area contributed by atoms with E-state index in [1.165, 1.54) is 17.5 Å². The molecule has 118 valence electrons. The van der Waals surface area contributed by atoms with E-state index < -0.39 is 0 Å². The van der Waals surface area contributed by atoms with Gasteiger partial charge in [-0.15, -0.1) is 0 Å². The highest BCUT2D eigenvalue weighted by Gasteiger charge is 2.16. The van der Waals surface area contributed by atoms with E-state index in [4.69, 9.17) is 0 Å². The molecule has 0 heterocycles. The Kier molecular flexibility index (Phi) is 7.44. The van der Waals surface area contributed by atoms with Crippen LogP contribution in [-0.2, 0) is 11.2 Å². The number of hydrogen-bond acceptors (Lipinski definition) is 2. The Labute approximate surface area is 129 Å². The minimum atomic E-state index is 0.0539. The van der Waals surface area contributed by atoms with E-state index in [1.807, 2.05) is 13.8 Å². The Balaban J connectivity index is 2.66. The molecule has 0 aromatic heterocycles. The molecule has 0 saturated carbocycles. The van der Waals surface area contributed by atoms with Gasteiger partial charge in [0.1, 0.15) is 0 Å². The number of nitrogens with one attached hydrogen (secondary N) is 2. The summed E-state index contributed by atoms with van der Waals surface area (Å²) in [7, 11) is 0. The molecule has 21 heavy (non-hydrogen) atoms. The van der Waals surface area contributed by atoms with E-state index >= 15 is 0 Å². The van der Waals surface area contributed by atoms with E-state index in [1.54, 1.807) is 0 Å². The summed E-state index contributed by atoms with van der Waals surface area (Å²) in [5, 5.41) is 6.29. The van der Waals surface area contributed by atoms with Crippen LogP contribution in [0.15, 0.2) is 24.3 Å². The molecule has 3 heteroatoms. The van der Waals surface area contributed by atoms with Crippen LogP contribution in [0.3, 0.4) is 0 Å². The van der Waals surface area contributed by atoms with Crippen molar-refractivity contribution in [1.29, 1.82) is 0 Å². The van der Waals surface area contributed by atoms with Crippen LogP contribution >= 0.6 is 0 Å². The Morgan fingerprint density at radius 1 is 1.10 bits per heavy atom. The second-order valence-corrected chi connectivity index (χ2v) is 6.32. The molecule has 3 nitrogen and oxygen atoms in total. The van der Waals surface area contributed by atoms with Gasteiger partial charge < -0.3 is 10.6 Å². The number of rotatable bonds is 8. The van der Waals surface area contributed by atoms with E-state index in [0.717, 1.165) is 6.42 Å². The van der Waals surface area contributed by atoms with Gasteiger partial charge in [0, 0.05) is 12.1 Å². The summed E-state index contributed by atoms with van der Waals surface area (Å²) < 4.78 is 0. The molecule has 0 aliphatic rings. The fourth-order valence-electron chi connectivity index (χ4n) is 2.49. The van der Waals surface area contributed by atoms with Crippen LogP contribution in [0.5, 0.6) is 0 Å². The lowest BCUT2D eigenvalue weighted by Crippen LogP contribution is -2.40. The lowest BCUT2D eigenvalue weighted by molar-refractivity contribution is -0.120. The first-order valence-electron chi connectivity index (χ1n) is 8.05. The molecule has 1 aromatic carbocycles. The lowest BCUT2D eigenvalue weighted by Gasteiger charge is -2.23. The number of amides is 1. The maximum absolute atomic E-state index is 11.8. The number of carbonyl (C=O) groups excluding carboxylic acids is 1. The van der Waals surface area contributed by atoms with Gasteiger partial charge in [-0.05, 0) is 37.3 Å². The molecule has 1 rings (SSSR count). The van der Waals surface area contributed by atoms with Gasteiger partial charge in [0.05, 0.1) is 6.54 Å². The Bertz CT molecular complexity index is 423. The SMILES string of the molecule is CCCc1ccc([C@@H](NCC(=O)NC(C)C)C(C)C)cc1. The van der Waals surface area contributed by atoms with E-state index in [-0.39, 0.29) is 18.0 Å². The molecule has 0 aliphatic heterocycles. The third kappa shape index (κ3) is 6.30. The maximum Gasteiger partial charge on any atom is 0.234 e. The van der Waals surface area contributed by atoms with Gasteiger partial charge >= 0.3 is 0 Å². The predicted octanol–water partition coefficient (Wildman–Crippen LogP) is 3.45. The van der Waals surface area contributed by atoms with E-state index in [0.29, 0.717) is 12.5 Å². The van der Waals surface area contributed by atoms with Crippen LogP contribution in [-0.4, -0.2) is 18.5 Å². The molecule has 0 bridgehead atoms. The second kappa shape index (κ2) is 8.83. The van der Waals surface area contributed by atoms with Gasteiger partial charge in [0.2, 0.25) is 5.91 Å². The molecular formula is C18H30N2O. The van der Waals surface area contributed by atoms with Crippen LogP contribution in [0.4, 0.5) is 0 Å². The molecule has 0 spiro atoms. The molecule has 0 saturated heterocycles. The minimum absolute atomic E-state index is 0.0539. The number of benzene rings is 1. The van der Waals surface area contributed by atoms with Crippen molar-refractivity contribution in [3.05, 3.63) is 35.4 Å². The van der Waals surface area contributed by atoms with Crippen LogP contribution in [0.1, 0.15) is 58.2 Å². The van der Waals surface area contributed by atoms with Gasteiger partial charge in [-0.3, -0.25) is 4.79 Å². The van der Waals surface area contributed by atoms with Crippen molar-refractivity contribution in [3.63, 3.8) is 0 Å². The van der Waals surface area contributed by atoms with Crippen molar-refractivity contribution in [2.75, 3.05) is 6.54 Å². The van der Waals surface area contributed by atoms with Crippen molar-refractivity contribution >= 4 is 5.91 Å². The van der Waals surface area contributed by atoms with Gasteiger partial charge in [-0.1, -0.05) is 51.5 Å². The summed E-state index contributed by atoms with van der Waals surface area (Å²) in [6.45, 7) is 10.9. The smallest absolute Gasteiger partial charge is 0.234 e. The zero-order valence-electron chi connectivity index (χ0n) is 14.1. The first kappa shape index (κ1) is 17.7. The highest BCUT2D eigenvalue weighted by molar-refractivity contribution is 5.78. The molecule has 1 atom stereocenters.